The Labute approximate surface area is 94.5 Å². The van der Waals surface area contributed by atoms with Crippen molar-refractivity contribution in [1.29, 1.82) is 0 Å². The van der Waals surface area contributed by atoms with Crippen LogP contribution in [0.25, 0.3) is 0 Å². The van der Waals surface area contributed by atoms with Crippen LogP contribution < -0.4 is 16.7 Å². The monoisotopic (exact) mass is 225 g/mol. The molecule has 0 atom stereocenters. The second kappa shape index (κ2) is 5.53. The molecule has 1 rings (SSSR count). The number of aromatic nitrogens is 2. The first-order valence-electron chi connectivity index (χ1n) is 5.66. The van der Waals surface area contributed by atoms with Gasteiger partial charge in [0.05, 0.1) is 0 Å². The van der Waals surface area contributed by atoms with Gasteiger partial charge in [0, 0.05) is 18.3 Å². The standard InChI is InChI=1S/C11H19N3O2/c1-4-5-6-12-14-7-9(8(2)3)10(15)13-11(14)16/h7-8,12H,4-6H2,1-3H3,(H,13,15,16). The first-order valence-corrected chi connectivity index (χ1v) is 5.66. The van der Waals surface area contributed by atoms with E-state index in [2.05, 4.69) is 17.3 Å². The molecule has 0 aliphatic heterocycles. The van der Waals surface area contributed by atoms with Crippen molar-refractivity contribution in [2.24, 2.45) is 0 Å². The smallest absolute Gasteiger partial charge is 0.322 e. The van der Waals surface area contributed by atoms with E-state index in [4.69, 9.17) is 0 Å². The van der Waals surface area contributed by atoms with Crippen LogP contribution in [0.15, 0.2) is 15.8 Å². The van der Waals surface area contributed by atoms with Crippen LogP contribution in [0.2, 0.25) is 0 Å². The fraction of sp³-hybridized carbons (Fsp3) is 0.636. The van der Waals surface area contributed by atoms with Crippen molar-refractivity contribution in [3.05, 3.63) is 32.6 Å². The lowest BCUT2D eigenvalue weighted by Gasteiger charge is -2.11. The topological polar surface area (TPSA) is 66.9 Å². The van der Waals surface area contributed by atoms with Crippen LogP contribution in [0.5, 0.6) is 0 Å². The van der Waals surface area contributed by atoms with Crippen LogP contribution in [0.4, 0.5) is 0 Å². The molecule has 0 saturated heterocycles. The maximum atomic E-state index is 11.5. The quantitative estimate of drug-likeness (QED) is 0.735. The molecule has 0 aliphatic rings. The Bertz CT molecular complexity index is 445. The van der Waals surface area contributed by atoms with Gasteiger partial charge in [-0.1, -0.05) is 27.2 Å². The fourth-order valence-electron chi connectivity index (χ4n) is 1.39. The molecule has 16 heavy (non-hydrogen) atoms. The summed E-state index contributed by atoms with van der Waals surface area (Å²) in [6.45, 7) is 6.65. The zero-order valence-corrected chi connectivity index (χ0v) is 10.0. The lowest BCUT2D eigenvalue weighted by Crippen LogP contribution is -2.37. The Morgan fingerprint density at radius 1 is 1.44 bits per heavy atom. The van der Waals surface area contributed by atoms with Crippen LogP contribution in [0, 0.1) is 0 Å². The Morgan fingerprint density at radius 2 is 2.12 bits per heavy atom. The molecule has 0 saturated carbocycles. The van der Waals surface area contributed by atoms with E-state index in [1.54, 1.807) is 6.20 Å². The van der Waals surface area contributed by atoms with Crippen LogP contribution in [-0.2, 0) is 0 Å². The highest BCUT2D eigenvalue weighted by Gasteiger charge is 2.07. The molecule has 0 radical (unpaired) electrons. The third kappa shape index (κ3) is 2.98. The van der Waals surface area contributed by atoms with Gasteiger partial charge in [-0.3, -0.25) is 9.78 Å². The predicted octanol–water partition coefficient (Wildman–Crippen LogP) is 1.00. The summed E-state index contributed by atoms with van der Waals surface area (Å²) >= 11 is 0. The number of unbranched alkanes of at least 4 members (excludes halogenated alkanes) is 1. The molecule has 1 aromatic rings. The maximum absolute atomic E-state index is 11.5. The molecule has 1 aromatic heterocycles. The van der Waals surface area contributed by atoms with E-state index in [0.717, 1.165) is 19.4 Å². The lowest BCUT2D eigenvalue weighted by atomic mass is 10.1. The molecule has 0 amide bonds. The summed E-state index contributed by atoms with van der Waals surface area (Å²) in [7, 11) is 0. The number of nitrogens with zero attached hydrogens (tertiary/aromatic N) is 1. The van der Waals surface area contributed by atoms with Gasteiger partial charge in [0.2, 0.25) is 0 Å². The molecule has 0 aromatic carbocycles. The molecular weight excluding hydrogens is 206 g/mol. The highest BCUT2D eigenvalue weighted by atomic mass is 16.2. The van der Waals surface area contributed by atoms with E-state index in [1.807, 2.05) is 13.8 Å². The van der Waals surface area contributed by atoms with E-state index >= 15 is 0 Å². The van der Waals surface area contributed by atoms with Crippen molar-refractivity contribution in [2.75, 3.05) is 12.0 Å². The molecule has 0 bridgehead atoms. The Kier molecular flexibility index (Phi) is 4.34. The largest absolute Gasteiger partial charge is 0.346 e. The molecular formula is C11H19N3O2. The van der Waals surface area contributed by atoms with E-state index < -0.39 is 5.69 Å². The highest BCUT2D eigenvalue weighted by molar-refractivity contribution is 5.09. The molecule has 0 fully saturated rings. The summed E-state index contributed by atoms with van der Waals surface area (Å²) in [4.78, 5) is 25.2. The number of rotatable bonds is 5. The van der Waals surface area contributed by atoms with Crippen LogP contribution in [0.3, 0.4) is 0 Å². The van der Waals surface area contributed by atoms with Crippen LogP contribution in [-0.4, -0.2) is 16.2 Å². The third-order valence-corrected chi connectivity index (χ3v) is 2.40. The summed E-state index contributed by atoms with van der Waals surface area (Å²) in [5, 5.41) is 0. The van der Waals surface area contributed by atoms with Crippen molar-refractivity contribution in [2.45, 2.75) is 39.5 Å². The first kappa shape index (κ1) is 12.5. The van der Waals surface area contributed by atoms with Crippen molar-refractivity contribution in [3.8, 4) is 0 Å². The lowest BCUT2D eigenvalue weighted by molar-refractivity contribution is 0.694. The average Bonchev–Trinajstić information content (AvgIpc) is 2.21. The van der Waals surface area contributed by atoms with Gasteiger partial charge in [-0.25, -0.2) is 9.47 Å². The van der Waals surface area contributed by atoms with Gasteiger partial charge in [-0.2, -0.15) is 0 Å². The number of hydrogen-bond donors (Lipinski definition) is 2. The number of nitrogens with one attached hydrogen (secondary N) is 2. The van der Waals surface area contributed by atoms with E-state index in [1.165, 1.54) is 4.68 Å². The Balaban J connectivity index is 2.96. The first-order chi connectivity index (χ1) is 7.56. The number of hydrogen-bond acceptors (Lipinski definition) is 3. The van der Waals surface area contributed by atoms with E-state index in [9.17, 15) is 9.59 Å². The summed E-state index contributed by atoms with van der Waals surface area (Å²) in [5.41, 5.74) is 2.88. The van der Waals surface area contributed by atoms with Gasteiger partial charge < -0.3 is 5.43 Å². The Hall–Kier alpha value is -1.52. The highest BCUT2D eigenvalue weighted by Crippen LogP contribution is 2.05. The zero-order chi connectivity index (χ0) is 12.1. The van der Waals surface area contributed by atoms with E-state index in [0.29, 0.717) is 5.56 Å². The minimum absolute atomic E-state index is 0.101. The van der Waals surface area contributed by atoms with Gasteiger partial charge in [-0.05, 0) is 12.3 Å². The second-order valence-electron chi connectivity index (χ2n) is 4.13. The molecule has 0 unspecified atom stereocenters. The number of H-pyrrole nitrogens is 1. The molecule has 1 heterocycles. The van der Waals surface area contributed by atoms with Crippen molar-refractivity contribution < 1.29 is 0 Å². The molecule has 90 valence electrons. The van der Waals surface area contributed by atoms with Crippen molar-refractivity contribution >= 4 is 0 Å². The Morgan fingerprint density at radius 3 is 2.69 bits per heavy atom. The third-order valence-electron chi connectivity index (χ3n) is 2.40. The van der Waals surface area contributed by atoms with Gasteiger partial charge in [0.1, 0.15) is 0 Å². The molecule has 5 heteroatoms. The molecule has 2 N–H and O–H groups in total. The fourth-order valence-corrected chi connectivity index (χ4v) is 1.39. The van der Waals surface area contributed by atoms with Crippen molar-refractivity contribution in [1.82, 2.24) is 9.66 Å². The van der Waals surface area contributed by atoms with Crippen LogP contribution in [0.1, 0.15) is 45.1 Å². The maximum Gasteiger partial charge on any atom is 0.346 e. The molecule has 5 nitrogen and oxygen atoms in total. The number of aromatic amines is 1. The van der Waals surface area contributed by atoms with Crippen LogP contribution >= 0.6 is 0 Å². The predicted molar refractivity (Wildman–Crippen MR) is 64.5 cm³/mol. The minimum atomic E-state index is -0.412. The zero-order valence-electron chi connectivity index (χ0n) is 10.0. The minimum Gasteiger partial charge on any atom is -0.322 e. The second-order valence-corrected chi connectivity index (χ2v) is 4.13. The summed E-state index contributed by atoms with van der Waals surface area (Å²) in [5.74, 6) is 0.101. The molecule has 0 spiro atoms. The van der Waals surface area contributed by atoms with Gasteiger partial charge in [0.15, 0.2) is 0 Å². The summed E-state index contributed by atoms with van der Waals surface area (Å²) < 4.78 is 1.35. The normalized spacial score (nSPS) is 10.8. The van der Waals surface area contributed by atoms with Gasteiger partial charge in [0.25, 0.3) is 5.56 Å². The molecule has 0 aliphatic carbocycles. The summed E-state index contributed by atoms with van der Waals surface area (Å²) in [6, 6.07) is 0. The SMILES string of the molecule is CCCCNn1cc(C(C)C)c(=O)[nH]c1=O. The van der Waals surface area contributed by atoms with E-state index in [-0.39, 0.29) is 11.5 Å². The van der Waals surface area contributed by atoms with Gasteiger partial charge >= 0.3 is 5.69 Å². The summed E-state index contributed by atoms with van der Waals surface area (Å²) in [6.07, 6.45) is 3.63. The van der Waals surface area contributed by atoms with Gasteiger partial charge in [-0.15, -0.1) is 0 Å². The van der Waals surface area contributed by atoms with Crippen molar-refractivity contribution in [3.63, 3.8) is 0 Å². The average molecular weight is 225 g/mol.